The highest BCUT2D eigenvalue weighted by Gasteiger charge is 2.34. The molecule has 1 heterocycles. The van der Waals surface area contributed by atoms with E-state index in [1.807, 2.05) is 0 Å². The second-order valence-corrected chi connectivity index (χ2v) is 3.70. The molecule has 1 rings (SSSR count). The molecule has 0 radical (unpaired) electrons. The van der Waals surface area contributed by atoms with Gasteiger partial charge in [0.1, 0.15) is 10.4 Å². The van der Waals surface area contributed by atoms with E-state index in [0.29, 0.717) is 0 Å². The van der Waals surface area contributed by atoms with Crippen LogP contribution < -0.4 is 5.56 Å². The van der Waals surface area contributed by atoms with Gasteiger partial charge in [-0.3, -0.25) is 9.59 Å². The number of H-pyrrole nitrogens is 1. The minimum absolute atomic E-state index is 0.0652. The van der Waals surface area contributed by atoms with E-state index in [1.54, 1.807) is 0 Å². The van der Waals surface area contributed by atoms with Crippen molar-refractivity contribution in [1.82, 2.24) is 9.97 Å². The van der Waals surface area contributed by atoms with Crippen LogP contribution in [0.3, 0.4) is 0 Å². The van der Waals surface area contributed by atoms with E-state index in [1.165, 1.54) is 13.8 Å². The van der Waals surface area contributed by atoms with Gasteiger partial charge in [0.15, 0.2) is 0 Å². The van der Waals surface area contributed by atoms with Gasteiger partial charge in [0.2, 0.25) is 0 Å². The number of nitrogens with one attached hydrogen (secondary N) is 1. The molecule has 5 nitrogen and oxygen atoms in total. The lowest BCUT2D eigenvalue weighted by Gasteiger charge is -2.18. The van der Waals surface area contributed by atoms with E-state index in [-0.39, 0.29) is 10.7 Å². The predicted octanol–water partition coefficient (Wildman–Crippen LogP) is 0.786. The summed E-state index contributed by atoms with van der Waals surface area (Å²) < 4.78 is 0. The Kier molecular flexibility index (Phi) is 2.62. The third-order valence-electron chi connectivity index (χ3n) is 1.92. The van der Waals surface area contributed by atoms with Crippen molar-refractivity contribution in [1.29, 1.82) is 0 Å². The zero-order valence-corrected chi connectivity index (χ0v) is 8.42. The highest BCUT2D eigenvalue weighted by Crippen LogP contribution is 2.25. The number of carboxylic acids is 1. The number of carbonyl (C=O) groups is 1. The maximum Gasteiger partial charge on any atom is 0.315 e. The summed E-state index contributed by atoms with van der Waals surface area (Å²) in [4.78, 5) is 28.0. The van der Waals surface area contributed by atoms with Crippen molar-refractivity contribution in [2.75, 3.05) is 0 Å². The first-order valence-corrected chi connectivity index (χ1v) is 4.22. The summed E-state index contributed by atoms with van der Waals surface area (Å²) in [7, 11) is 0. The summed E-state index contributed by atoms with van der Waals surface area (Å²) in [6.45, 7) is 2.87. The number of rotatable bonds is 2. The van der Waals surface area contributed by atoms with Gasteiger partial charge in [-0.2, -0.15) is 0 Å². The van der Waals surface area contributed by atoms with Crippen molar-refractivity contribution in [3.05, 3.63) is 27.4 Å². The lowest BCUT2D eigenvalue weighted by Crippen LogP contribution is -2.32. The van der Waals surface area contributed by atoms with Crippen LogP contribution in [0.25, 0.3) is 0 Å². The SMILES string of the molecule is CC(C)(C(=O)O)c1nc[nH]c(=O)c1Cl. The third kappa shape index (κ3) is 1.63. The van der Waals surface area contributed by atoms with Crippen molar-refractivity contribution in [2.45, 2.75) is 19.3 Å². The largest absolute Gasteiger partial charge is 0.481 e. The Morgan fingerprint density at radius 1 is 1.64 bits per heavy atom. The van der Waals surface area contributed by atoms with Crippen LogP contribution in [0.15, 0.2) is 11.1 Å². The zero-order valence-electron chi connectivity index (χ0n) is 7.67. The normalized spacial score (nSPS) is 11.4. The number of hydrogen-bond acceptors (Lipinski definition) is 3. The van der Waals surface area contributed by atoms with Crippen LogP contribution in [0.2, 0.25) is 5.02 Å². The van der Waals surface area contributed by atoms with E-state index in [2.05, 4.69) is 9.97 Å². The quantitative estimate of drug-likeness (QED) is 0.766. The second-order valence-electron chi connectivity index (χ2n) is 3.32. The van der Waals surface area contributed by atoms with Gasteiger partial charge in [-0.05, 0) is 13.8 Å². The molecule has 6 heteroatoms. The molecule has 1 aromatic heterocycles. The maximum atomic E-state index is 11.1. The minimum Gasteiger partial charge on any atom is -0.481 e. The molecular weight excluding hydrogens is 208 g/mol. The van der Waals surface area contributed by atoms with E-state index in [4.69, 9.17) is 16.7 Å². The second kappa shape index (κ2) is 3.42. The highest BCUT2D eigenvalue weighted by molar-refractivity contribution is 6.31. The number of halogens is 1. The Bertz CT molecular complexity index is 425. The van der Waals surface area contributed by atoms with Crippen LogP contribution in [-0.4, -0.2) is 21.0 Å². The van der Waals surface area contributed by atoms with Crippen LogP contribution in [0.5, 0.6) is 0 Å². The number of aromatic amines is 1. The Labute approximate surface area is 84.8 Å². The molecule has 0 saturated carbocycles. The number of carboxylic acid groups (broad SMARTS) is 1. The average molecular weight is 217 g/mol. The molecular formula is C8H9ClN2O3. The van der Waals surface area contributed by atoms with Crippen molar-refractivity contribution in [3.8, 4) is 0 Å². The molecule has 0 unspecified atom stereocenters. The molecule has 1 aromatic rings. The van der Waals surface area contributed by atoms with Crippen molar-refractivity contribution in [2.24, 2.45) is 0 Å². The lowest BCUT2D eigenvalue weighted by atomic mass is 9.89. The first kappa shape index (κ1) is 10.7. The van der Waals surface area contributed by atoms with Crippen molar-refractivity contribution >= 4 is 17.6 Å². The first-order chi connectivity index (χ1) is 6.37. The van der Waals surface area contributed by atoms with Gasteiger partial charge in [-0.15, -0.1) is 0 Å². The summed E-state index contributed by atoms with van der Waals surface area (Å²) in [5.74, 6) is -1.09. The monoisotopic (exact) mass is 216 g/mol. The predicted molar refractivity (Wildman–Crippen MR) is 50.5 cm³/mol. The molecule has 0 aliphatic rings. The van der Waals surface area contributed by atoms with Gasteiger partial charge < -0.3 is 10.1 Å². The Morgan fingerprint density at radius 3 is 2.71 bits per heavy atom. The molecule has 0 fully saturated rings. The number of nitrogens with zero attached hydrogens (tertiary/aromatic N) is 1. The van der Waals surface area contributed by atoms with E-state index in [0.717, 1.165) is 6.33 Å². The van der Waals surface area contributed by atoms with Crippen molar-refractivity contribution < 1.29 is 9.90 Å². The van der Waals surface area contributed by atoms with Crippen LogP contribution in [0.4, 0.5) is 0 Å². The minimum atomic E-state index is -1.27. The Morgan fingerprint density at radius 2 is 2.21 bits per heavy atom. The number of hydrogen-bond donors (Lipinski definition) is 2. The third-order valence-corrected chi connectivity index (χ3v) is 2.27. The van der Waals surface area contributed by atoms with E-state index < -0.39 is 16.9 Å². The molecule has 0 amide bonds. The van der Waals surface area contributed by atoms with E-state index in [9.17, 15) is 9.59 Å². The fraction of sp³-hybridized carbons (Fsp3) is 0.375. The van der Waals surface area contributed by atoms with Crippen LogP contribution >= 0.6 is 11.6 Å². The summed E-state index contributed by atoms with van der Waals surface area (Å²) in [5.41, 5.74) is -1.74. The van der Waals surface area contributed by atoms with Gasteiger partial charge in [0.25, 0.3) is 5.56 Å². The lowest BCUT2D eigenvalue weighted by molar-refractivity contribution is -0.142. The molecule has 76 valence electrons. The summed E-state index contributed by atoms with van der Waals surface area (Å²) >= 11 is 5.65. The molecule has 0 spiro atoms. The fourth-order valence-corrected chi connectivity index (χ4v) is 1.26. The van der Waals surface area contributed by atoms with Gasteiger partial charge in [0.05, 0.1) is 12.0 Å². The Balaban J connectivity index is 3.40. The van der Waals surface area contributed by atoms with Crippen LogP contribution in [0, 0.1) is 0 Å². The molecule has 0 bridgehead atoms. The standard InChI is InChI=1S/C8H9ClN2O3/c1-8(2,7(13)14)5-4(9)6(12)11-3-10-5/h3H,1-2H3,(H,13,14)(H,10,11,12). The molecule has 2 N–H and O–H groups in total. The molecule has 0 aliphatic carbocycles. The number of aliphatic carboxylic acids is 1. The van der Waals surface area contributed by atoms with Crippen LogP contribution in [0.1, 0.15) is 19.5 Å². The summed E-state index contributed by atoms with van der Waals surface area (Å²) in [5, 5.41) is 8.72. The van der Waals surface area contributed by atoms with Crippen LogP contribution in [-0.2, 0) is 10.2 Å². The maximum absolute atomic E-state index is 11.1. The molecule has 14 heavy (non-hydrogen) atoms. The zero-order chi connectivity index (χ0) is 10.9. The average Bonchev–Trinajstić information content (AvgIpc) is 2.09. The van der Waals surface area contributed by atoms with Gasteiger partial charge in [0, 0.05) is 0 Å². The van der Waals surface area contributed by atoms with Gasteiger partial charge in [-0.25, -0.2) is 4.98 Å². The first-order valence-electron chi connectivity index (χ1n) is 3.84. The summed E-state index contributed by atoms with van der Waals surface area (Å²) in [6, 6.07) is 0. The molecule has 0 saturated heterocycles. The molecule has 0 aliphatic heterocycles. The van der Waals surface area contributed by atoms with Gasteiger partial charge in [-0.1, -0.05) is 11.6 Å². The molecule has 0 atom stereocenters. The summed E-state index contributed by atoms with van der Waals surface area (Å²) in [6.07, 6.45) is 1.13. The Hall–Kier alpha value is -1.36. The van der Waals surface area contributed by atoms with E-state index >= 15 is 0 Å². The topological polar surface area (TPSA) is 83.0 Å². The smallest absolute Gasteiger partial charge is 0.315 e. The van der Waals surface area contributed by atoms with Crippen molar-refractivity contribution in [3.63, 3.8) is 0 Å². The van der Waals surface area contributed by atoms with Gasteiger partial charge >= 0.3 is 5.97 Å². The molecule has 0 aromatic carbocycles. The number of aromatic nitrogens is 2. The highest BCUT2D eigenvalue weighted by atomic mass is 35.5. The fourth-order valence-electron chi connectivity index (χ4n) is 0.920.